The Bertz CT molecular complexity index is 1590. The van der Waals surface area contributed by atoms with Crippen molar-refractivity contribution >= 4 is 66.8 Å². The number of carbonyl (C=O) groups excluding carboxylic acids is 1. The molecule has 9 heteroatoms. The van der Waals surface area contributed by atoms with E-state index in [2.05, 4.69) is 76.1 Å². The number of hydrogen-bond donors (Lipinski definition) is 2. The number of imidazole rings is 1. The van der Waals surface area contributed by atoms with Crippen molar-refractivity contribution < 1.29 is 4.79 Å². The van der Waals surface area contributed by atoms with E-state index in [0.717, 1.165) is 51.9 Å². The van der Waals surface area contributed by atoms with Crippen molar-refractivity contribution in [3.05, 3.63) is 84.8 Å². The monoisotopic (exact) mass is 573 g/mol. The highest BCUT2D eigenvalue weighted by molar-refractivity contribution is 8.68. The average molecular weight is 574 g/mol. The zero-order valence-corrected chi connectivity index (χ0v) is 24.5. The minimum Gasteiger partial charge on any atom is -0.378 e. The smallest absolute Gasteiger partial charge is 0.321 e. The zero-order valence-electron chi connectivity index (χ0n) is 22.0. The molecule has 2 aromatic carbocycles. The Morgan fingerprint density at radius 3 is 2.69 bits per heavy atom. The summed E-state index contributed by atoms with van der Waals surface area (Å²) in [6.45, 7) is 1.30. The second kappa shape index (κ2) is 10.8. The molecule has 0 unspecified atom stereocenters. The Morgan fingerprint density at radius 2 is 1.92 bits per heavy atom. The summed E-state index contributed by atoms with van der Waals surface area (Å²) in [5, 5.41) is 4.34. The second-order valence-electron chi connectivity index (χ2n) is 10.3. The number of aromatic nitrogens is 2. The first-order chi connectivity index (χ1) is 19.0. The summed E-state index contributed by atoms with van der Waals surface area (Å²) in [7, 11) is 5.53. The van der Waals surface area contributed by atoms with Crippen molar-refractivity contribution in [2.45, 2.75) is 18.3 Å². The molecule has 1 fully saturated rings. The number of pyridine rings is 1. The van der Waals surface area contributed by atoms with Crippen molar-refractivity contribution in [1.29, 1.82) is 0 Å². The molecule has 1 atom stereocenters. The second-order valence-corrected chi connectivity index (χ2v) is 12.7. The zero-order chi connectivity index (χ0) is 27.0. The predicted molar refractivity (Wildman–Crippen MR) is 170 cm³/mol. The number of amides is 2. The van der Waals surface area contributed by atoms with Crippen LogP contribution >= 0.6 is 33.8 Å². The van der Waals surface area contributed by atoms with Gasteiger partial charge in [-0.3, -0.25) is 0 Å². The third-order valence-electron chi connectivity index (χ3n) is 7.52. The number of thiol groups is 1. The summed E-state index contributed by atoms with van der Waals surface area (Å²) in [4.78, 5) is 23.9. The van der Waals surface area contributed by atoms with E-state index in [-0.39, 0.29) is 11.4 Å². The van der Waals surface area contributed by atoms with Gasteiger partial charge in [0.05, 0.1) is 15.8 Å². The van der Waals surface area contributed by atoms with E-state index in [1.54, 1.807) is 11.3 Å². The standard InChI is InChI=1S/C30H31N5OS3/c1-33(2)23-13-11-22(12-14-23)31-29(36)34-16-7-15-30(19-34,20-38-37)28-32-27(24-9-5-6-17-35(24)28)26-18-21-8-3-4-10-25(21)39-26/h3-6,8-14,17-18,37H,7,15-16,19-20H2,1-2H3,(H,31,36)/t30-/m0/s1. The number of fused-ring (bicyclic) bond motifs is 2. The Labute approximate surface area is 241 Å². The maximum absolute atomic E-state index is 13.5. The van der Waals surface area contributed by atoms with Crippen LogP contribution in [-0.4, -0.2) is 53.3 Å². The molecule has 1 saturated heterocycles. The molecular weight excluding hydrogens is 543 g/mol. The lowest BCUT2D eigenvalue weighted by molar-refractivity contribution is 0.165. The topological polar surface area (TPSA) is 52.9 Å². The van der Waals surface area contributed by atoms with Gasteiger partial charge in [-0.25, -0.2) is 9.78 Å². The summed E-state index contributed by atoms with van der Waals surface area (Å²) in [5.74, 6) is 1.76. The number of rotatable bonds is 6. The Kier molecular flexibility index (Phi) is 7.22. The summed E-state index contributed by atoms with van der Waals surface area (Å²) in [5.41, 5.74) is 3.65. The number of hydrogen-bond acceptors (Lipinski definition) is 6. The van der Waals surface area contributed by atoms with Crippen molar-refractivity contribution in [2.75, 3.05) is 43.2 Å². The molecule has 0 saturated carbocycles. The highest BCUT2D eigenvalue weighted by Crippen LogP contribution is 2.42. The van der Waals surface area contributed by atoms with Gasteiger partial charge in [0.15, 0.2) is 0 Å². The van der Waals surface area contributed by atoms with E-state index in [4.69, 9.17) is 4.98 Å². The summed E-state index contributed by atoms with van der Waals surface area (Å²) >= 11 is 6.36. The van der Waals surface area contributed by atoms with Crippen LogP contribution in [0.3, 0.4) is 0 Å². The molecular formula is C30H31N5OS3. The molecule has 6 nitrogen and oxygen atoms in total. The van der Waals surface area contributed by atoms with Gasteiger partial charge >= 0.3 is 6.03 Å². The number of likely N-dealkylation sites (tertiary alicyclic amines) is 1. The lowest BCUT2D eigenvalue weighted by Crippen LogP contribution is -2.51. The molecule has 1 aliphatic heterocycles. The summed E-state index contributed by atoms with van der Waals surface area (Å²) < 4.78 is 3.48. The van der Waals surface area contributed by atoms with E-state index in [0.29, 0.717) is 13.1 Å². The Balaban J connectivity index is 1.35. The van der Waals surface area contributed by atoms with Gasteiger partial charge in [-0.2, -0.15) is 0 Å². The van der Waals surface area contributed by atoms with Gasteiger partial charge in [-0.15, -0.1) is 23.0 Å². The SMILES string of the molecule is CN(C)c1ccc(NC(=O)N2CCC[C@](CSS)(c3nc(-c4cc5ccccc5s4)c4ccccn34)C2)cc1. The normalized spacial score (nSPS) is 17.6. The lowest BCUT2D eigenvalue weighted by atomic mass is 9.80. The van der Waals surface area contributed by atoms with Crippen molar-refractivity contribution in [1.82, 2.24) is 14.3 Å². The van der Waals surface area contributed by atoms with Crippen LogP contribution < -0.4 is 10.2 Å². The molecule has 200 valence electrons. The number of piperidine rings is 1. The number of thiophene rings is 1. The maximum atomic E-state index is 13.5. The van der Waals surface area contributed by atoms with E-state index in [9.17, 15) is 4.79 Å². The minimum absolute atomic E-state index is 0.0774. The number of benzene rings is 2. The molecule has 39 heavy (non-hydrogen) atoms. The number of urea groups is 1. The molecule has 6 rings (SSSR count). The quantitative estimate of drug-likeness (QED) is 0.164. The van der Waals surface area contributed by atoms with Crippen LogP contribution in [0, 0.1) is 0 Å². The molecule has 4 heterocycles. The van der Waals surface area contributed by atoms with E-state index in [1.165, 1.54) is 20.9 Å². The third-order valence-corrected chi connectivity index (χ3v) is 9.71. The van der Waals surface area contributed by atoms with Gasteiger partial charge in [-0.05, 0) is 66.8 Å². The highest BCUT2D eigenvalue weighted by Gasteiger charge is 2.42. The van der Waals surface area contributed by atoms with Crippen LogP contribution in [0.5, 0.6) is 0 Å². The lowest BCUT2D eigenvalue weighted by Gasteiger charge is -2.41. The van der Waals surface area contributed by atoms with Gasteiger partial charge in [0.2, 0.25) is 0 Å². The summed E-state index contributed by atoms with van der Waals surface area (Å²) in [6.07, 6.45) is 3.95. The van der Waals surface area contributed by atoms with Crippen LogP contribution in [0.25, 0.3) is 26.2 Å². The Hall–Kier alpha value is -3.14. The molecule has 1 N–H and O–H groups in total. The first kappa shape index (κ1) is 26.1. The largest absolute Gasteiger partial charge is 0.378 e. The van der Waals surface area contributed by atoms with Crippen molar-refractivity contribution in [3.63, 3.8) is 0 Å². The molecule has 2 amide bonds. The van der Waals surface area contributed by atoms with E-state index >= 15 is 0 Å². The summed E-state index contributed by atoms with van der Waals surface area (Å²) in [6, 6.07) is 24.8. The average Bonchev–Trinajstić information content (AvgIpc) is 3.56. The first-order valence-corrected chi connectivity index (χ1v) is 15.9. The fraction of sp³-hybridized carbons (Fsp3) is 0.267. The fourth-order valence-corrected chi connectivity index (χ4v) is 7.95. The molecule has 3 aromatic heterocycles. The number of anilines is 2. The Morgan fingerprint density at radius 1 is 1.13 bits per heavy atom. The van der Waals surface area contributed by atoms with Crippen LogP contribution in [0.1, 0.15) is 18.7 Å². The fourth-order valence-electron chi connectivity index (χ4n) is 5.53. The van der Waals surface area contributed by atoms with E-state index < -0.39 is 0 Å². The first-order valence-electron chi connectivity index (χ1n) is 13.0. The van der Waals surface area contributed by atoms with Gasteiger partial charge < -0.3 is 19.5 Å². The van der Waals surface area contributed by atoms with Crippen LogP contribution in [0.15, 0.2) is 79.0 Å². The third kappa shape index (κ3) is 4.99. The molecule has 5 aromatic rings. The number of nitrogens with one attached hydrogen (secondary N) is 1. The van der Waals surface area contributed by atoms with Gasteiger partial charge in [0.25, 0.3) is 0 Å². The van der Waals surface area contributed by atoms with Gasteiger partial charge in [-0.1, -0.05) is 35.1 Å². The molecule has 0 aliphatic carbocycles. The molecule has 1 aliphatic rings. The molecule has 0 radical (unpaired) electrons. The van der Waals surface area contributed by atoms with Crippen LogP contribution in [0.2, 0.25) is 0 Å². The van der Waals surface area contributed by atoms with Gasteiger partial charge in [0, 0.05) is 55.2 Å². The predicted octanol–water partition coefficient (Wildman–Crippen LogP) is 7.43. The maximum Gasteiger partial charge on any atom is 0.321 e. The van der Waals surface area contributed by atoms with Crippen LogP contribution in [0.4, 0.5) is 16.2 Å². The van der Waals surface area contributed by atoms with Crippen molar-refractivity contribution in [2.24, 2.45) is 0 Å². The van der Waals surface area contributed by atoms with Crippen molar-refractivity contribution in [3.8, 4) is 10.6 Å². The number of carbonyl (C=O) groups is 1. The van der Waals surface area contributed by atoms with Gasteiger partial charge in [0.1, 0.15) is 11.5 Å². The van der Waals surface area contributed by atoms with Crippen LogP contribution in [-0.2, 0) is 5.41 Å². The molecule has 0 spiro atoms. The molecule has 0 bridgehead atoms. The highest BCUT2D eigenvalue weighted by atomic mass is 33.1. The minimum atomic E-state index is -0.323. The van der Waals surface area contributed by atoms with E-state index in [1.807, 2.05) is 48.2 Å². The number of nitrogens with zero attached hydrogens (tertiary/aromatic N) is 4.